The molecule has 132 valence electrons. The van der Waals surface area contributed by atoms with Crippen molar-refractivity contribution < 1.29 is 14.3 Å². The van der Waals surface area contributed by atoms with Crippen molar-refractivity contribution in [2.75, 3.05) is 32.0 Å². The highest BCUT2D eigenvalue weighted by Gasteiger charge is 2.28. The van der Waals surface area contributed by atoms with Crippen LogP contribution in [0, 0.1) is 0 Å². The minimum absolute atomic E-state index is 0.0635. The molecular formula is C19H22N2O3S. The molecule has 6 heteroatoms. The summed E-state index contributed by atoms with van der Waals surface area (Å²) in [7, 11) is 0. The second-order valence-electron chi connectivity index (χ2n) is 5.88. The molecule has 5 nitrogen and oxygen atoms in total. The van der Waals surface area contributed by atoms with E-state index in [0.717, 1.165) is 48.8 Å². The van der Waals surface area contributed by atoms with Crippen molar-refractivity contribution in [3.63, 3.8) is 0 Å². The van der Waals surface area contributed by atoms with Crippen molar-refractivity contribution in [3.05, 3.63) is 42.5 Å². The van der Waals surface area contributed by atoms with E-state index in [4.69, 9.17) is 4.74 Å². The van der Waals surface area contributed by atoms with Gasteiger partial charge in [0.05, 0.1) is 5.75 Å². The molecular weight excluding hydrogens is 336 g/mol. The number of benzene rings is 2. The number of carbonyl (C=O) groups is 2. The lowest BCUT2D eigenvalue weighted by atomic mass is 10.1. The number of unbranched alkanes of at least 4 members (excludes halogenated alkanes) is 1. The van der Waals surface area contributed by atoms with Gasteiger partial charge in [-0.25, -0.2) is 0 Å². The lowest BCUT2D eigenvalue weighted by Crippen LogP contribution is -2.30. The van der Waals surface area contributed by atoms with Gasteiger partial charge < -0.3 is 10.1 Å². The van der Waals surface area contributed by atoms with E-state index in [9.17, 15) is 9.59 Å². The zero-order valence-electron chi connectivity index (χ0n) is 14.1. The highest BCUT2D eigenvalue weighted by molar-refractivity contribution is 8.14. The Kier molecular flexibility index (Phi) is 6.30. The molecule has 2 aromatic rings. The van der Waals surface area contributed by atoms with Crippen LogP contribution in [0.5, 0.6) is 5.75 Å². The third-order valence-electron chi connectivity index (χ3n) is 4.11. The van der Waals surface area contributed by atoms with Crippen LogP contribution in [0.3, 0.4) is 0 Å². The molecule has 2 aromatic carbocycles. The van der Waals surface area contributed by atoms with Gasteiger partial charge in [-0.15, -0.1) is 0 Å². The summed E-state index contributed by atoms with van der Waals surface area (Å²) in [6, 6.07) is 14.3. The molecule has 1 heterocycles. The van der Waals surface area contributed by atoms with Gasteiger partial charge in [-0.05, 0) is 30.8 Å². The third-order valence-corrected chi connectivity index (χ3v) is 4.97. The van der Waals surface area contributed by atoms with Gasteiger partial charge in [-0.1, -0.05) is 48.2 Å². The smallest absolute Gasteiger partial charge is 0.288 e. The largest absolute Gasteiger partial charge is 0.492 e. The lowest BCUT2D eigenvalue weighted by Gasteiger charge is -2.12. The van der Waals surface area contributed by atoms with Gasteiger partial charge in [0.25, 0.3) is 5.24 Å². The standard InChI is InChI=1S/C19H22N2O3S/c22-18-14-25-19(23)21(18)12-4-3-10-20-11-13-24-17-9-5-7-15-6-1-2-8-16(15)17/h1-2,5-9,20H,3-4,10-14H2. The summed E-state index contributed by atoms with van der Waals surface area (Å²) < 4.78 is 5.87. The zero-order chi connectivity index (χ0) is 17.5. The number of nitrogens with zero attached hydrogens (tertiary/aromatic N) is 1. The maximum absolute atomic E-state index is 11.5. The third kappa shape index (κ3) is 4.74. The number of imide groups is 1. The first kappa shape index (κ1) is 17.8. The predicted molar refractivity (Wildman–Crippen MR) is 101 cm³/mol. The number of thioether (sulfide) groups is 1. The van der Waals surface area contributed by atoms with E-state index >= 15 is 0 Å². The van der Waals surface area contributed by atoms with Crippen LogP contribution < -0.4 is 10.1 Å². The van der Waals surface area contributed by atoms with Crippen molar-refractivity contribution in [3.8, 4) is 5.75 Å². The van der Waals surface area contributed by atoms with Crippen LogP contribution in [0.2, 0.25) is 0 Å². The molecule has 25 heavy (non-hydrogen) atoms. The van der Waals surface area contributed by atoms with Crippen LogP contribution in [0.25, 0.3) is 10.8 Å². The Labute approximate surface area is 151 Å². The Bertz CT molecular complexity index is 729. The number of carbonyl (C=O) groups excluding carboxylic acids is 2. The summed E-state index contributed by atoms with van der Waals surface area (Å²) in [5.74, 6) is 1.14. The molecule has 1 aliphatic heterocycles. The van der Waals surface area contributed by atoms with Gasteiger partial charge in [0.2, 0.25) is 5.91 Å². The van der Waals surface area contributed by atoms with Crippen molar-refractivity contribution in [2.24, 2.45) is 0 Å². The molecule has 1 N–H and O–H groups in total. The SMILES string of the molecule is O=C1CSC(=O)N1CCCCNCCOc1cccc2ccccc12. The first-order chi connectivity index (χ1) is 12.3. The van der Waals surface area contributed by atoms with E-state index in [1.54, 1.807) is 0 Å². The van der Waals surface area contributed by atoms with Gasteiger partial charge >= 0.3 is 0 Å². The number of rotatable bonds is 9. The summed E-state index contributed by atoms with van der Waals surface area (Å²) in [6.07, 6.45) is 1.76. The zero-order valence-corrected chi connectivity index (χ0v) is 14.9. The van der Waals surface area contributed by atoms with E-state index in [1.807, 2.05) is 24.3 Å². The van der Waals surface area contributed by atoms with Gasteiger partial charge in [0.15, 0.2) is 0 Å². The molecule has 0 aromatic heterocycles. The highest BCUT2D eigenvalue weighted by atomic mass is 32.2. The number of amides is 2. The van der Waals surface area contributed by atoms with Crippen molar-refractivity contribution in [2.45, 2.75) is 12.8 Å². The van der Waals surface area contributed by atoms with Gasteiger partial charge in [0, 0.05) is 18.5 Å². The van der Waals surface area contributed by atoms with Crippen LogP contribution in [-0.4, -0.2) is 48.0 Å². The maximum Gasteiger partial charge on any atom is 0.288 e. The molecule has 0 radical (unpaired) electrons. The van der Waals surface area contributed by atoms with E-state index in [2.05, 4.69) is 23.5 Å². The molecule has 0 unspecified atom stereocenters. The fraction of sp³-hybridized carbons (Fsp3) is 0.368. The van der Waals surface area contributed by atoms with Crippen LogP contribution in [0.4, 0.5) is 4.79 Å². The summed E-state index contributed by atoms with van der Waals surface area (Å²) in [5.41, 5.74) is 0. The Hall–Kier alpha value is -2.05. The van der Waals surface area contributed by atoms with Crippen LogP contribution in [-0.2, 0) is 4.79 Å². The highest BCUT2D eigenvalue weighted by Crippen LogP contribution is 2.24. The number of fused-ring (bicyclic) bond motifs is 1. The Balaban J connectivity index is 1.30. The number of ether oxygens (including phenoxy) is 1. The summed E-state index contributed by atoms with van der Waals surface area (Å²) in [5, 5.41) is 5.53. The minimum atomic E-state index is -0.110. The normalized spacial score (nSPS) is 14.5. The molecule has 0 saturated carbocycles. The number of hydrogen-bond acceptors (Lipinski definition) is 5. The van der Waals surface area contributed by atoms with E-state index in [1.165, 1.54) is 10.3 Å². The number of nitrogens with one attached hydrogen (secondary N) is 1. The van der Waals surface area contributed by atoms with Crippen molar-refractivity contribution in [1.82, 2.24) is 10.2 Å². The van der Waals surface area contributed by atoms with E-state index in [0.29, 0.717) is 18.9 Å². The van der Waals surface area contributed by atoms with Crippen LogP contribution in [0.1, 0.15) is 12.8 Å². The van der Waals surface area contributed by atoms with Crippen LogP contribution >= 0.6 is 11.8 Å². The second kappa shape index (κ2) is 8.87. The average Bonchev–Trinajstić information content (AvgIpc) is 2.95. The summed E-state index contributed by atoms with van der Waals surface area (Å²) in [6.45, 7) is 2.75. The van der Waals surface area contributed by atoms with E-state index in [-0.39, 0.29) is 11.1 Å². The molecule has 0 atom stereocenters. The quantitative estimate of drug-likeness (QED) is 0.697. The molecule has 2 amide bonds. The Morgan fingerprint density at radius 3 is 2.72 bits per heavy atom. The van der Waals surface area contributed by atoms with E-state index < -0.39 is 0 Å². The summed E-state index contributed by atoms with van der Waals surface area (Å²) in [4.78, 5) is 24.3. The maximum atomic E-state index is 11.5. The average molecular weight is 358 g/mol. The number of hydrogen-bond donors (Lipinski definition) is 1. The molecule has 1 saturated heterocycles. The molecule has 0 bridgehead atoms. The monoisotopic (exact) mass is 358 g/mol. The predicted octanol–water partition coefficient (Wildman–Crippen LogP) is 3.28. The van der Waals surface area contributed by atoms with Crippen molar-refractivity contribution >= 4 is 33.7 Å². The molecule has 1 fully saturated rings. The van der Waals surface area contributed by atoms with Gasteiger partial charge in [-0.3, -0.25) is 14.5 Å². The lowest BCUT2D eigenvalue weighted by molar-refractivity contribution is -0.124. The van der Waals surface area contributed by atoms with Crippen LogP contribution in [0.15, 0.2) is 42.5 Å². The summed E-state index contributed by atoms with van der Waals surface area (Å²) >= 11 is 1.09. The van der Waals surface area contributed by atoms with Gasteiger partial charge in [-0.2, -0.15) is 0 Å². The molecule has 0 spiro atoms. The topological polar surface area (TPSA) is 58.6 Å². The Morgan fingerprint density at radius 1 is 1.04 bits per heavy atom. The first-order valence-corrected chi connectivity index (χ1v) is 9.52. The molecule has 0 aliphatic carbocycles. The molecule has 1 aliphatic rings. The van der Waals surface area contributed by atoms with Gasteiger partial charge in [0.1, 0.15) is 12.4 Å². The fourth-order valence-electron chi connectivity index (χ4n) is 2.80. The van der Waals surface area contributed by atoms with Crippen molar-refractivity contribution in [1.29, 1.82) is 0 Å². The molecule has 3 rings (SSSR count). The second-order valence-corrected chi connectivity index (χ2v) is 6.81. The Morgan fingerprint density at radius 2 is 1.88 bits per heavy atom. The first-order valence-electron chi connectivity index (χ1n) is 8.54. The minimum Gasteiger partial charge on any atom is -0.492 e. The fourth-order valence-corrected chi connectivity index (χ4v) is 3.55.